The molecule has 0 atom stereocenters. The number of nitrogens with zero attached hydrogens (tertiary/aromatic N) is 1. The van der Waals surface area contributed by atoms with Gasteiger partial charge in [-0.25, -0.2) is 9.18 Å². The van der Waals surface area contributed by atoms with Gasteiger partial charge in [0.1, 0.15) is 23.3 Å². The third-order valence-electron chi connectivity index (χ3n) is 5.99. The number of hydrogen-bond acceptors (Lipinski definition) is 4. The van der Waals surface area contributed by atoms with E-state index in [1.54, 1.807) is 45.0 Å². The Morgan fingerprint density at radius 2 is 1.79 bits per heavy atom. The second-order valence-corrected chi connectivity index (χ2v) is 10.8. The van der Waals surface area contributed by atoms with E-state index in [9.17, 15) is 4.79 Å². The molecule has 0 amide bonds. The van der Waals surface area contributed by atoms with Gasteiger partial charge in [0.2, 0.25) is 0 Å². The molecule has 1 aliphatic carbocycles. The third-order valence-corrected chi connectivity index (χ3v) is 6.52. The number of hydrogen-bond donors (Lipinski definition) is 0. The molecule has 0 aromatic heterocycles. The zero-order valence-electron chi connectivity index (χ0n) is 19.3. The molecule has 0 unspecified atom stereocenters. The first-order valence-electron chi connectivity index (χ1n) is 11.5. The molecule has 4 nitrogen and oxygen atoms in total. The molecular weight excluding hydrogens is 464 g/mol. The monoisotopic (exact) mass is 493 g/mol. The van der Waals surface area contributed by atoms with Gasteiger partial charge in [-0.2, -0.15) is 0 Å². The van der Waals surface area contributed by atoms with Crippen LogP contribution in [0.4, 0.5) is 4.39 Å². The van der Waals surface area contributed by atoms with E-state index in [-0.39, 0.29) is 17.6 Å². The Bertz CT molecular complexity index is 1020. The zero-order chi connectivity index (χ0) is 23.8. The lowest BCUT2D eigenvalue weighted by molar-refractivity contribution is 0.00643. The molecule has 4 rings (SSSR count). The number of benzene rings is 2. The van der Waals surface area contributed by atoms with Crippen molar-refractivity contribution in [1.29, 1.82) is 0 Å². The molecule has 1 aliphatic heterocycles. The maximum absolute atomic E-state index is 15.4. The fourth-order valence-corrected chi connectivity index (χ4v) is 4.70. The van der Waals surface area contributed by atoms with Crippen molar-refractivity contribution in [2.24, 2.45) is 0 Å². The molecule has 0 spiro atoms. The summed E-state index contributed by atoms with van der Waals surface area (Å²) in [5.74, 6) is -0.183. The van der Waals surface area contributed by atoms with Crippen LogP contribution < -0.4 is 4.74 Å². The predicted octanol–water partition coefficient (Wildman–Crippen LogP) is 7.01. The Labute approximate surface area is 205 Å². The van der Waals surface area contributed by atoms with Crippen LogP contribution in [0.3, 0.4) is 0 Å². The molecule has 0 radical (unpaired) electrons. The molecular formula is C26H30Cl2FNO3. The van der Waals surface area contributed by atoms with Gasteiger partial charge in [0.05, 0.1) is 10.6 Å². The van der Waals surface area contributed by atoms with E-state index in [0.29, 0.717) is 27.9 Å². The lowest BCUT2D eigenvalue weighted by atomic mass is 9.97. The lowest BCUT2D eigenvalue weighted by Gasteiger charge is -2.33. The van der Waals surface area contributed by atoms with Crippen molar-refractivity contribution < 1.29 is 18.7 Å². The van der Waals surface area contributed by atoms with Gasteiger partial charge in [0.25, 0.3) is 0 Å². The first-order valence-corrected chi connectivity index (χ1v) is 12.2. The quantitative estimate of drug-likeness (QED) is 0.405. The molecule has 2 aromatic rings. The number of carbonyl (C=O) groups is 1. The predicted molar refractivity (Wildman–Crippen MR) is 129 cm³/mol. The average molecular weight is 494 g/mol. The van der Waals surface area contributed by atoms with E-state index in [1.807, 2.05) is 6.07 Å². The summed E-state index contributed by atoms with van der Waals surface area (Å²) < 4.78 is 26.9. The number of halogens is 3. The summed E-state index contributed by atoms with van der Waals surface area (Å²) in [5, 5.41) is 1.10. The standard InChI is InChI=1S/C26H30Cl2FNO3/c1-26(2,3)33-25(31)20-8-6-17(23(24(20)29)16-4-5-16)15-30-12-10-19(11-13-30)32-22-9-7-18(27)14-21(22)28/h6-9,14,16,19H,4-5,10-13,15H2,1-3H3. The summed E-state index contributed by atoms with van der Waals surface area (Å²) in [6.07, 6.45) is 3.71. The van der Waals surface area contributed by atoms with E-state index >= 15 is 4.39 Å². The number of ether oxygens (including phenoxy) is 2. The molecule has 1 saturated heterocycles. The molecule has 1 saturated carbocycles. The number of piperidine rings is 1. The SMILES string of the molecule is CC(C)(C)OC(=O)c1ccc(CN2CCC(Oc3ccc(Cl)cc3Cl)CC2)c(C2CC2)c1F. The van der Waals surface area contributed by atoms with Crippen LogP contribution in [0.25, 0.3) is 0 Å². The van der Waals surface area contributed by atoms with Crippen LogP contribution in [-0.4, -0.2) is 35.7 Å². The topological polar surface area (TPSA) is 38.8 Å². The van der Waals surface area contributed by atoms with Crippen LogP contribution in [0.15, 0.2) is 30.3 Å². The first-order chi connectivity index (χ1) is 15.6. The molecule has 7 heteroatoms. The number of esters is 1. The minimum Gasteiger partial charge on any atom is -0.489 e. The Balaban J connectivity index is 1.41. The summed E-state index contributed by atoms with van der Waals surface area (Å²) >= 11 is 12.2. The van der Waals surface area contributed by atoms with Crippen molar-refractivity contribution >= 4 is 29.2 Å². The summed E-state index contributed by atoms with van der Waals surface area (Å²) in [5.41, 5.74) is 1.01. The van der Waals surface area contributed by atoms with Gasteiger partial charge in [-0.3, -0.25) is 4.90 Å². The zero-order valence-corrected chi connectivity index (χ0v) is 20.8. The highest BCUT2D eigenvalue weighted by atomic mass is 35.5. The molecule has 2 fully saturated rings. The Morgan fingerprint density at radius 1 is 1.09 bits per heavy atom. The van der Waals surface area contributed by atoms with E-state index in [0.717, 1.165) is 44.3 Å². The Kier molecular flexibility index (Phi) is 7.23. The maximum Gasteiger partial charge on any atom is 0.341 e. The highest BCUT2D eigenvalue weighted by molar-refractivity contribution is 6.35. The van der Waals surface area contributed by atoms with Gasteiger partial charge in [0, 0.05) is 24.7 Å². The van der Waals surface area contributed by atoms with E-state index < -0.39 is 17.4 Å². The first kappa shape index (κ1) is 24.3. The van der Waals surface area contributed by atoms with Gasteiger partial charge in [-0.1, -0.05) is 29.3 Å². The fraction of sp³-hybridized carbons (Fsp3) is 0.500. The highest BCUT2D eigenvalue weighted by Gasteiger charge is 2.33. The Hall–Kier alpha value is -1.82. The number of carbonyl (C=O) groups excluding carboxylic acids is 1. The molecule has 0 bridgehead atoms. The molecule has 2 aliphatic rings. The highest BCUT2D eigenvalue weighted by Crippen LogP contribution is 2.44. The second kappa shape index (κ2) is 9.81. The van der Waals surface area contributed by atoms with E-state index in [2.05, 4.69) is 4.90 Å². The van der Waals surface area contributed by atoms with E-state index in [1.165, 1.54) is 0 Å². The van der Waals surface area contributed by atoms with Crippen molar-refractivity contribution in [1.82, 2.24) is 4.90 Å². The number of likely N-dealkylation sites (tertiary alicyclic amines) is 1. The van der Waals surface area contributed by atoms with Gasteiger partial charge in [-0.05, 0) is 87.8 Å². The lowest BCUT2D eigenvalue weighted by Crippen LogP contribution is -2.38. The normalized spacial score (nSPS) is 17.8. The van der Waals surface area contributed by atoms with Crippen molar-refractivity contribution in [3.8, 4) is 5.75 Å². The average Bonchev–Trinajstić information content (AvgIpc) is 3.55. The third kappa shape index (κ3) is 6.20. The van der Waals surface area contributed by atoms with Gasteiger partial charge in [-0.15, -0.1) is 0 Å². The van der Waals surface area contributed by atoms with Crippen LogP contribution >= 0.6 is 23.2 Å². The summed E-state index contributed by atoms with van der Waals surface area (Å²) in [6.45, 7) is 7.70. The minimum absolute atomic E-state index is 0.0301. The molecule has 2 aromatic carbocycles. The molecule has 1 heterocycles. The summed E-state index contributed by atoms with van der Waals surface area (Å²) in [6, 6.07) is 8.72. The maximum atomic E-state index is 15.4. The summed E-state index contributed by atoms with van der Waals surface area (Å²) in [4.78, 5) is 14.8. The van der Waals surface area contributed by atoms with Crippen LogP contribution in [0.5, 0.6) is 5.75 Å². The molecule has 0 N–H and O–H groups in total. The fourth-order valence-electron chi connectivity index (χ4n) is 4.25. The smallest absolute Gasteiger partial charge is 0.341 e. The molecule has 33 heavy (non-hydrogen) atoms. The van der Waals surface area contributed by atoms with Crippen molar-refractivity contribution in [3.05, 3.63) is 62.9 Å². The number of rotatable bonds is 6. The van der Waals surface area contributed by atoms with Crippen molar-refractivity contribution in [2.75, 3.05) is 13.1 Å². The largest absolute Gasteiger partial charge is 0.489 e. The molecule has 178 valence electrons. The van der Waals surface area contributed by atoms with Gasteiger partial charge in [0.15, 0.2) is 0 Å². The van der Waals surface area contributed by atoms with Crippen molar-refractivity contribution in [2.45, 2.75) is 70.6 Å². The van der Waals surface area contributed by atoms with Gasteiger partial charge >= 0.3 is 5.97 Å². The van der Waals surface area contributed by atoms with Crippen LogP contribution in [0, 0.1) is 5.82 Å². The van der Waals surface area contributed by atoms with Crippen molar-refractivity contribution in [3.63, 3.8) is 0 Å². The summed E-state index contributed by atoms with van der Waals surface area (Å²) in [7, 11) is 0. The van der Waals surface area contributed by atoms with Crippen LogP contribution in [0.1, 0.15) is 73.9 Å². The van der Waals surface area contributed by atoms with E-state index in [4.69, 9.17) is 32.7 Å². The van der Waals surface area contributed by atoms with Crippen LogP contribution in [0.2, 0.25) is 10.0 Å². The minimum atomic E-state index is -0.662. The second-order valence-electron chi connectivity index (χ2n) is 9.94. The van der Waals surface area contributed by atoms with Gasteiger partial charge < -0.3 is 9.47 Å². The van der Waals surface area contributed by atoms with Crippen LogP contribution in [-0.2, 0) is 11.3 Å². The Morgan fingerprint density at radius 3 is 2.39 bits per heavy atom.